The van der Waals surface area contributed by atoms with Crippen LogP contribution in [0.2, 0.25) is 0 Å². The molecule has 1 aromatic carbocycles. The number of hydrogen-bond acceptors (Lipinski definition) is 2. The molecule has 0 spiro atoms. The fourth-order valence-electron chi connectivity index (χ4n) is 2.68. The number of rotatable bonds is 3. The van der Waals surface area contributed by atoms with E-state index in [0.717, 1.165) is 12.5 Å². The van der Waals surface area contributed by atoms with Gasteiger partial charge >= 0.3 is 0 Å². The van der Waals surface area contributed by atoms with Gasteiger partial charge in [-0.05, 0) is 51.7 Å². The van der Waals surface area contributed by atoms with Crippen molar-refractivity contribution in [3.8, 4) is 0 Å². The van der Waals surface area contributed by atoms with Gasteiger partial charge < -0.3 is 10.2 Å². The van der Waals surface area contributed by atoms with Crippen LogP contribution in [0.5, 0.6) is 0 Å². The highest BCUT2D eigenvalue weighted by Gasteiger charge is 2.21. The van der Waals surface area contributed by atoms with Gasteiger partial charge in [-0.2, -0.15) is 0 Å². The smallest absolute Gasteiger partial charge is 0.0412 e. The molecule has 1 N–H and O–H groups in total. The maximum atomic E-state index is 3.61. The van der Waals surface area contributed by atoms with E-state index < -0.39 is 0 Å². The fraction of sp³-hybridized carbons (Fsp3) is 0.647. The summed E-state index contributed by atoms with van der Waals surface area (Å²) < 4.78 is 0. The molecular formula is C17H28N2. The quantitative estimate of drug-likeness (QED) is 0.891. The standard InChI is InChI=1S/C17H28N2/c1-13-6-7-16(19-9-8-14(2)12-19)15(10-13)11-18-17(3,4)5/h6-7,10,14,18H,8-9,11-12H2,1-5H3. The summed E-state index contributed by atoms with van der Waals surface area (Å²) in [5, 5.41) is 3.61. The van der Waals surface area contributed by atoms with Crippen LogP contribution in [0.15, 0.2) is 18.2 Å². The van der Waals surface area contributed by atoms with Crippen molar-refractivity contribution in [3.63, 3.8) is 0 Å². The van der Waals surface area contributed by atoms with Gasteiger partial charge in [-0.15, -0.1) is 0 Å². The number of benzene rings is 1. The van der Waals surface area contributed by atoms with Gasteiger partial charge in [0, 0.05) is 30.9 Å². The summed E-state index contributed by atoms with van der Waals surface area (Å²) in [6, 6.07) is 6.86. The normalized spacial score (nSPS) is 20.1. The number of hydrogen-bond donors (Lipinski definition) is 1. The van der Waals surface area contributed by atoms with Crippen LogP contribution in [0.25, 0.3) is 0 Å². The molecule has 0 radical (unpaired) electrons. The fourth-order valence-corrected chi connectivity index (χ4v) is 2.68. The van der Waals surface area contributed by atoms with Crippen LogP contribution in [0.3, 0.4) is 0 Å². The third-order valence-electron chi connectivity index (χ3n) is 3.81. The number of nitrogens with one attached hydrogen (secondary N) is 1. The second kappa shape index (κ2) is 5.54. The average Bonchev–Trinajstić information content (AvgIpc) is 2.72. The second-order valence-electron chi connectivity index (χ2n) is 7.08. The van der Waals surface area contributed by atoms with Gasteiger partial charge in [-0.25, -0.2) is 0 Å². The zero-order valence-corrected chi connectivity index (χ0v) is 13.1. The molecule has 1 heterocycles. The van der Waals surface area contributed by atoms with Gasteiger partial charge in [0.15, 0.2) is 0 Å². The SMILES string of the molecule is Cc1ccc(N2CCC(C)C2)c(CNC(C)(C)C)c1. The Morgan fingerprint density at radius 2 is 2.05 bits per heavy atom. The zero-order valence-electron chi connectivity index (χ0n) is 13.1. The maximum Gasteiger partial charge on any atom is 0.0412 e. The number of nitrogens with zero attached hydrogens (tertiary/aromatic N) is 1. The molecule has 19 heavy (non-hydrogen) atoms. The highest BCUT2D eigenvalue weighted by Crippen LogP contribution is 2.28. The summed E-state index contributed by atoms with van der Waals surface area (Å²) in [7, 11) is 0. The molecule has 0 bridgehead atoms. The largest absolute Gasteiger partial charge is 0.371 e. The summed E-state index contributed by atoms with van der Waals surface area (Å²) in [5.74, 6) is 0.824. The van der Waals surface area contributed by atoms with Crippen molar-refractivity contribution in [2.75, 3.05) is 18.0 Å². The van der Waals surface area contributed by atoms with Gasteiger partial charge in [0.05, 0.1) is 0 Å². The van der Waals surface area contributed by atoms with E-state index in [0.29, 0.717) is 0 Å². The Balaban J connectivity index is 2.18. The molecule has 0 amide bonds. The number of aryl methyl sites for hydroxylation is 1. The van der Waals surface area contributed by atoms with E-state index in [1.54, 1.807) is 0 Å². The Morgan fingerprint density at radius 1 is 1.32 bits per heavy atom. The first kappa shape index (κ1) is 14.4. The first-order chi connectivity index (χ1) is 8.85. The Morgan fingerprint density at radius 3 is 2.63 bits per heavy atom. The minimum Gasteiger partial charge on any atom is -0.371 e. The van der Waals surface area contributed by atoms with E-state index in [9.17, 15) is 0 Å². The van der Waals surface area contributed by atoms with E-state index >= 15 is 0 Å². The van der Waals surface area contributed by atoms with Gasteiger partial charge in [0.25, 0.3) is 0 Å². The highest BCUT2D eigenvalue weighted by atomic mass is 15.2. The maximum absolute atomic E-state index is 3.61. The van der Waals surface area contributed by atoms with Gasteiger partial charge in [-0.3, -0.25) is 0 Å². The minimum absolute atomic E-state index is 0.166. The topological polar surface area (TPSA) is 15.3 Å². The molecule has 1 aliphatic heterocycles. The molecule has 2 rings (SSSR count). The van der Waals surface area contributed by atoms with Gasteiger partial charge in [0.2, 0.25) is 0 Å². The molecule has 1 aliphatic rings. The van der Waals surface area contributed by atoms with Crippen LogP contribution >= 0.6 is 0 Å². The molecule has 1 unspecified atom stereocenters. The molecule has 2 nitrogen and oxygen atoms in total. The summed E-state index contributed by atoms with van der Waals surface area (Å²) in [6.45, 7) is 14.5. The molecular weight excluding hydrogens is 232 g/mol. The Kier molecular flexibility index (Phi) is 4.19. The summed E-state index contributed by atoms with van der Waals surface area (Å²) in [4.78, 5) is 2.55. The molecule has 1 saturated heterocycles. The third-order valence-corrected chi connectivity index (χ3v) is 3.81. The Labute approximate surface area is 118 Å². The van der Waals surface area contributed by atoms with Crippen molar-refractivity contribution in [2.24, 2.45) is 5.92 Å². The first-order valence-corrected chi connectivity index (χ1v) is 7.45. The van der Waals surface area contributed by atoms with Crippen molar-refractivity contribution in [3.05, 3.63) is 29.3 Å². The molecule has 1 fully saturated rings. The van der Waals surface area contributed by atoms with Crippen LogP contribution in [0, 0.1) is 12.8 Å². The molecule has 1 aromatic rings. The number of anilines is 1. The first-order valence-electron chi connectivity index (χ1n) is 7.45. The van der Waals surface area contributed by atoms with Crippen LogP contribution in [0.4, 0.5) is 5.69 Å². The lowest BCUT2D eigenvalue weighted by molar-refractivity contribution is 0.424. The van der Waals surface area contributed by atoms with Crippen LogP contribution in [-0.2, 0) is 6.54 Å². The lowest BCUT2D eigenvalue weighted by Gasteiger charge is -2.26. The zero-order chi connectivity index (χ0) is 14.0. The van der Waals surface area contributed by atoms with Crippen molar-refractivity contribution in [1.82, 2.24) is 5.32 Å². The van der Waals surface area contributed by atoms with Crippen LogP contribution < -0.4 is 10.2 Å². The molecule has 1 atom stereocenters. The van der Waals surface area contributed by atoms with Gasteiger partial charge in [0.1, 0.15) is 0 Å². The highest BCUT2D eigenvalue weighted by molar-refractivity contribution is 5.55. The van der Waals surface area contributed by atoms with Gasteiger partial charge in [-0.1, -0.05) is 24.6 Å². The summed E-state index contributed by atoms with van der Waals surface area (Å²) >= 11 is 0. The summed E-state index contributed by atoms with van der Waals surface area (Å²) in [5.41, 5.74) is 4.37. The molecule has 106 valence electrons. The predicted octanol–water partition coefficient (Wildman–Crippen LogP) is 3.73. The Hall–Kier alpha value is -1.02. The lowest BCUT2D eigenvalue weighted by atomic mass is 10.1. The van der Waals surface area contributed by atoms with Crippen molar-refractivity contribution in [1.29, 1.82) is 0 Å². The predicted molar refractivity (Wildman–Crippen MR) is 83.8 cm³/mol. The van der Waals surface area contributed by atoms with E-state index in [4.69, 9.17) is 0 Å². The van der Waals surface area contributed by atoms with Crippen LogP contribution in [0.1, 0.15) is 45.2 Å². The van der Waals surface area contributed by atoms with E-state index in [2.05, 4.69) is 63.0 Å². The van der Waals surface area contributed by atoms with E-state index in [1.165, 1.54) is 36.3 Å². The van der Waals surface area contributed by atoms with Crippen molar-refractivity contribution < 1.29 is 0 Å². The second-order valence-corrected chi connectivity index (χ2v) is 7.08. The molecule has 2 heteroatoms. The van der Waals surface area contributed by atoms with Crippen molar-refractivity contribution >= 4 is 5.69 Å². The lowest BCUT2D eigenvalue weighted by Crippen LogP contribution is -2.35. The van der Waals surface area contributed by atoms with E-state index in [1.807, 2.05) is 0 Å². The Bertz CT molecular complexity index is 431. The molecule has 0 aliphatic carbocycles. The van der Waals surface area contributed by atoms with Crippen LogP contribution in [-0.4, -0.2) is 18.6 Å². The third kappa shape index (κ3) is 3.97. The molecule has 0 aromatic heterocycles. The monoisotopic (exact) mass is 260 g/mol. The average molecular weight is 260 g/mol. The minimum atomic E-state index is 0.166. The molecule has 0 saturated carbocycles. The summed E-state index contributed by atoms with van der Waals surface area (Å²) in [6.07, 6.45) is 1.32. The van der Waals surface area contributed by atoms with E-state index in [-0.39, 0.29) is 5.54 Å². The van der Waals surface area contributed by atoms with Crippen molar-refractivity contribution in [2.45, 2.75) is 53.1 Å².